The number of nitrogens with zero attached hydrogens (tertiary/aromatic N) is 2. The van der Waals surface area contributed by atoms with Crippen LogP contribution in [0.25, 0.3) is 6.08 Å². The Balaban J connectivity index is 1.79. The highest BCUT2D eigenvalue weighted by molar-refractivity contribution is 6.09. The molecule has 0 saturated carbocycles. The molecule has 3 rings (SSSR count). The SMILES string of the molecule is COc1ccc(NC(=O)/C(C#N)=C\c2ccc(N3CCCCC3)cc2OC)cc1. The topological polar surface area (TPSA) is 74.6 Å². The summed E-state index contributed by atoms with van der Waals surface area (Å²) < 4.78 is 10.6. The average molecular weight is 391 g/mol. The minimum absolute atomic E-state index is 0.00448. The molecule has 6 heteroatoms. The van der Waals surface area contributed by atoms with Gasteiger partial charge in [0.1, 0.15) is 23.1 Å². The van der Waals surface area contributed by atoms with E-state index >= 15 is 0 Å². The van der Waals surface area contributed by atoms with Gasteiger partial charge in [-0.3, -0.25) is 4.79 Å². The predicted molar refractivity (Wildman–Crippen MR) is 114 cm³/mol. The summed E-state index contributed by atoms with van der Waals surface area (Å²) in [5, 5.41) is 12.2. The van der Waals surface area contributed by atoms with E-state index in [0.29, 0.717) is 22.7 Å². The lowest BCUT2D eigenvalue weighted by Gasteiger charge is -2.29. The molecule has 0 aliphatic carbocycles. The standard InChI is InChI=1S/C23H25N3O3/c1-28-21-10-7-19(8-11-21)25-23(27)18(16-24)14-17-6-9-20(15-22(17)29-2)26-12-4-3-5-13-26/h6-11,14-15H,3-5,12-13H2,1-2H3,(H,25,27)/b18-14-. The van der Waals surface area contributed by atoms with Crippen molar-refractivity contribution in [3.63, 3.8) is 0 Å². The first kappa shape index (κ1) is 20.3. The number of anilines is 2. The quantitative estimate of drug-likeness (QED) is 0.589. The number of ether oxygens (including phenoxy) is 2. The summed E-state index contributed by atoms with van der Waals surface area (Å²) >= 11 is 0. The molecule has 150 valence electrons. The van der Waals surface area contributed by atoms with Crippen molar-refractivity contribution in [2.75, 3.05) is 37.5 Å². The van der Waals surface area contributed by atoms with Gasteiger partial charge in [-0.1, -0.05) is 0 Å². The predicted octanol–water partition coefficient (Wildman–Crippen LogP) is 4.24. The van der Waals surface area contributed by atoms with Gasteiger partial charge in [-0.25, -0.2) is 0 Å². The van der Waals surface area contributed by atoms with Crippen LogP contribution < -0.4 is 19.7 Å². The highest BCUT2D eigenvalue weighted by Crippen LogP contribution is 2.29. The van der Waals surface area contributed by atoms with Gasteiger partial charge in [-0.15, -0.1) is 0 Å². The second-order valence-corrected chi connectivity index (χ2v) is 6.83. The van der Waals surface area contributed by atoms with Gasteiger partial charge in [0.05, 0.1) is 14.2 Å². The Morgan fingerprint density at radius 2 is 1.79 bits per heavy atom. The number of carbonyl (C=O) groups is 1. The Morgan fingerprint density at radius 1 is 1.07 bits per heavy atom. The third kappa shape index (κ3) is 5.08. The average Bonchev–Trinajstić information content (AvgIpc) is 2.78. The fourth-order valence-electron chi connectivity index (χ4n) is 3.34. The van der Waals surface area contributed by atoms with Crippen molar-refractivity contribution in [1.82, 2.24) is 0 Å². The number of nitriles is 1. The molecule has 2 aromatic carbocycles. The van der Waals surface area contributed by atoms with Crippen LogP contribution in [0.15, 0.2) is 48.0 Å². The minimum atomic E-state index is -0.472. The lowest BCUT2D eigenvalue weighted by molar-refractivity contribution is -0.112. The van der Waals surface area contributed by atoms with Crippen LogP contribution in [0.4, 0.5) is 11.4 Å². The smallest absolute Gasteiger partial charge is 0.266 e. The number of amides is 1. The Morgan fingerprint density at radius 3 is 2.41 bits per heavy atom. The molecule has 0 unspecified atom stereocenters. The molecule has 1 fully saturated rings. The zero-order chi connectivity index (χ0) is 20.6. The number of carbonyl (C=O) groups excluding carboxylic acids is 1. The maximum absolute atomic E-state index is 12.5. The lowest BCUT2D eigenvalue weighted by Crippen LogP contribution is -2.29. The monoisotopic (exact) mass is 391 g/mol. The van der Waals surface area contributed by atoms with E-state index in [1.165, 1.54) is 19.3 Å². The number of methoxy groups -OCH3 is 2. The molecule has 1 aliphatic heterocycles. The highest BCUT2D eigenvalue weighted by atomic mass is 16.5. The Hall–Kier alpha value is -3.46. The van der Waals surface area contributed by atoms with Gasteiger partial charge in [0, 0.05) is 36.1 Å². The van der Waals surface area contributed by atoms with Gasteiger partial charge >= 0.3 is 0 Å². The Labute approximate surface area is 171 Å². The van der Waals surface area contributed by atoms with Crippen molar-refractivity contribution >= 4 is 23.4 Å². The number of rotatable bonds is 6. The van der Waals surface area contributed by atoms with Crippen LogP contribution in [0, 0.1) is 11.3 Å². The molecule has 1 N–H and O–H groups in total. The van der Waals surface area contributed by atoms with Crippen molar-refractivity contribution < 1.29 is 14.3 Å². The zero-order valence-corrected chi connectivity index (χ0v) is 16.8. The van der Waals surface area contributed by atoms with Gasteiger partial charge in [-0.05, 0) is 61.7 Å². The number of nitrogens with one attached hydrogen (secondary N) is 1. The second kappa shape index (κ2) is 9.65. The van der Waals surface area contributed by atoms with Crippen molar-refractivity contribution in [2.45, 2.75) is 19.3 Å². The fourth-order valence-corrected chi connectivity index (χ4v) is 3.34. The number of hydrogen-bond acceptors (Lipinski definition) is 5. The van der Waals surface area contributed by atoms with Gasteiger partial charge in [0.2, 0.25) is 0 Å². The van der Waals surface area contributed by atoms with Crippen LogP contribution in [0.3, 0.4) is 0 Å². The highest BCUT2D eigenvalue weighted by Gasteiger charge is 2.15. The molecule has 1 saturated heterocycles. The molecule has 2 aromatic rings. The summed E-state index contributed by atoms with van der Waals surface area (Å²) in [6.07, 6.45) is 5.20. The second-order valence-electron chi connectivity index (χ2n) is 6.83. The van der Waals surface area contributed by atoms with E-state index in [4.69, 9.17) is 9.47 Å². The normalized spacial score (nSPS) is 14.1. The molecule has 6 nitrogen and oxygen atoms in total. The van der Waals surface area contributed by atoms with Crippen LogP contribution in [-0.2, 0) is 4.79 Å². The third-order valence-electron chi connectivity index (χ3n) is 4.95. The third-order valence-corrected chi connectivity index (χ3v) is 4.95. The maximum atomic E-state index is 12.5. The van der Waals surface area contributed by atoms with E-state index in [9.17, 15) is 10.1 Å². The summed E-state index contributed by atoms with van der Waals surface area (Å²) in [5.41, 5.74) is 2.38. The van der Waals surface area contributed by atoms with Crippen LogP contribution >= 0.6 is 0 Å². The minimum Gasteiger partial charge on any atom is -0.497 e. The summed E-state index contributed by atoms with van der Waals surface area (Å²) in [6.45, 7) is 2.07. The first-order valence-electron chi connectivity index (χ1n) is 9.65. The van der Waals surface area contributed by atoms with Crippen LogP contribution in [0.5, 0.6) is 11.5 Å². The molecule has 0 atom stereocenters. The van der Waals surface area contributed by atoms with Gasteiger partial charge in [0.25, 0.3) is 5.91 Å². The molecule has 0 spiro atoms. The van der Waals surface area contributed by atoms with Crippen molar-refractivity contribution in [3.05, 3.63) is 53.6 Å². The Kier molecular flexibility index (Phi) is 6.75. The van der Waals surface area contributed by atoms with E-state index in [1.54, 1.807) is 44.6 Å². The summed E-state index contributed by atoms with van der Waals surface area (Å²) in [7, 11) is 3.17. The van der Waals surface area contributed by atoms with Crippen LogP contribution in [0.2, 0.25) is 0 Å². The van der Waals surface area contributed by atoms with E-state index in [2.05, 4.69) is 10.2 Å². The fraction of sp³-hybridized carbons (Fsp3) is 0.304. The summed E-state index contributed by atoms with van der Waals surface area (Å²) in [5.74, 6) is 0.857. The van der Waals surface area contributed by atoms with Gasteiger partial charge in [-0.2, -0.15) is 5.26 Å². The van der Waals surface area contributed by atoms with Crippen LogP contribution in [0.1, 0.15) is 24.8 Å². The Bertz CT molecular complexity index is 923. The van der Waals surface area contributed by atoms with E-state index in [0.717, 1.165) is 18.8 Å². The van der Waals surface area contributed by atoms with E-state index in [1.807, 2.05) is 24.3 Å². The molecule has 1 amide bonds. The number of hydrogen-bond donors (Lipinski definition) is 1. The van der Waals surface area contributed by atoms with E-state index < -0.39 is 5.91 Å². The molecule has 29 heavy (non-hydrogen) atoms. The molecular weight excluding hydrogens is 366 g/mol. The van der Waals surface area contributed by atoms with Crippen molar-refractivity contribution in [1.29, 1.82) is 5.26 Å². The number of benzene rings is 2. The van der Waals surface area contributed by atoms with Crippen molar-refractivity contribution in [3.8, 4) is 17.6 Å². The van der Waals surface area contributed by atoms with Gasteiger partial charge in [0.15, 0.2) is 0 Å². The number of piperidine rings is 1. The van der Waals surface area contributed by atoms with Crippen molar-refractivity contribution in [2.24, 2.45) is 0 Å². The molecular formula is C23H25N3O3. The zero-order valence-electron chi connectivity index (χ0n) is 16.8. The van der Waals surface area contributed by atoms with Gasteiger partial charge < -0.3 is 19.7 Å². The summed E-state index contributed by atoms with van der Waals surface area (Å²) in [6, 6.07) is 14.8. The first-order valence-corrected chi connectivity index (χ1v) is 9.65. The summed E-state index contributed by atoms with van der Waals surface area (Å²) in [4.78, 5) is 14.9. The largest absolute Gasteiger partial charge is 0.497 e. The molecule has 1 heterocycles. The molecule has 0 radical (unpaired) electrons. The molecule has 0 bridgehead atoms. The molecule has 0 aromatic heterocycles. The van der Waals surface area contributed by atoms with E-state index in [-0.39, 0.29) is 5.57 Å². The maximum Gasteiger partial charge on any atom is 0.266 e. The lowest BCUT2D eigenvalue weighted by atomic mass is 10.1. The molecule has 1 aliphatic rings. The van der Waals surface area contributed by atoms with Crippen LogP contribution in [-0.4, -0.2) is 33.2 Å². The first-order chi connectivity index (χ1) is 14.1.